The summed E-state index contributed by atoms with van der Waals surface area (Å²) in [6, 6.07) is 30.5. The Morgan fingerprint density at radius 1 is 0.529 bits per heavy atom. The maximum atomic E-state index is 12.3. The van der Waals surface area contributed by atoms with E-state index in [4.69, 9.17) is 29.8 Å². The Labute approximate surface area is 578 Å². The lowest BCUT2D eigenvalue weighted by atomic mass is 9.89. The zero-order valence-corrected chi connectivity index (χ0v) is 64.6. The zero-order valence-electron chi connectivity index (χ0n) is 51.6. The number of methoxy groups -OCH3 is 2. The largest absolute Gasteiger partial charge is 0.465 e. The first-order valence-electron chi connectivity index (χ1n) is 26.8. The molecule has 0 saturated carbocycles. The summed E-state index contributed by atoms with van der Waals surface area (Å²) in [6.45, 7) is 27.8. The molecule has 0 aliphatic carbocycles. The summed E-state index contributed by atoms with van der Waals surface area (Å²) in [5.74, 6) is -0.492. The van der Waals surface area contributed by atoms with Crippen LogP contribution < -0.4 is 20.3 Å². The minimum atomic E-state index is -1.19. The van der Waals surface area contributed by atoms with E-state index in [1.54, 1.807) is 24.3 Å². The van der Waals surface area contributed by atoms with E-state index in [-0.39, 0.29) is 47.8 Å². The van der Waals surface area contributed by atoms with Crippen LogP contribution in [0.1, 0.15) is 120 Å². The van der Waals surface area contributed by atoms with Gasteiger partial charge in [0.15, 0.2) is 5.78 Å². The number of nitrogens with one attached hydrogen (secondary N) is 2. The molecule has 5 aliphatic heterocycles. The minimum Gasteiger partial charge on any atom is -0.465 e. The lowest BCUT2D eigenvalue weighted by Crippen LogP contribution is -2.59. The minimum absolute atomic E-state index is 0.213. The smallest absolute Gasteiger partial charge is 0.337 e. The van der Waals surface area contributed by atoms with Crippen molar-refractivity contribution in [2.24, 2.45) is 15.3 Å². The molecule has 4 atom stereocenters. The highest BCUT2D eigenvalue weighted by atomic mass is 128. The molecule has 0 radical (unpaired) electrons. The van der Waals surface area contributed by atoms with Crippen LogP contribution in [-0.2, 0) is 98.5 Å². The number of ketones is 1. The number of carbonyl (C=O) groups is 3. The van der Waals surface area contributed by atoms with Gasteiger partial charge in [0.05, 0.1) is 141 Å². The van der Waals surface area contributed by atoms with Crippen LogP contribution in [0, 0.1) is 3.57 Å². The monoisotopic (exact) mass is 1750 g/mol. The highest BCUT2D eigenvalue weighted by Gasteiger charge is 2.45. The average molecular weight is 1760 g/mol. The van der Waals surface area contributed by atoms with Crippen LogP contribution >= 0.6 is 91.7 Å². The van der Waals surface area contributed by atoms with Crippen molar-refractivity contribution in [3.05, 3.63) is 137 Å². The van der Waals surface area contributed by atoms with Gasteiger partial charge >= 0.3 is 11.9 Å². The molecular weight excluding hydrogens is 1670 g/mol. The van der Waals surface area contributed by atoms with E-state index in [0.29, 0.717) is 77.2 Å². The van der Waals surface area contributed by atoms with Crippen molar-refractivity contribution >= 4 is 159 Å². The lowest BCUT2D eigenvalue weighted by molar-refractivity contribution is -0.140. The van der Waals surface area contributed by atoms with Crippen molar-refractivity contribution in [1.29, 1.82) is 0 Å². The maximum Gasteiger partial charge on any atom is 0.337 e. The maximum absolute atomic E-state index is 12.3. The first kappa shape index (κ1) is 81.6. The van der Waals surface area contributed by atoms with Crippen molar-refractivity contribution in [3.8, 4) is 0 Å². The van der Waals surface area contributed by atoms with Crippen LogP contribution in [0.3, 0.4) is 0 Å². The van der Waals surface area contributed by atoms with Crippen LogP contribution in [0.15, 0.2) is 110 Å². The quantitative estimate of drug-likeness (QED) is 0.0849. The van der Waals surface area contributed by atoms with Crippen LogP contribution in [0.4, 0.5) is 0 Å². The topological polar surface area (TPSA) is 273 Å². The zero-order chi connectivity index (χ0) is 66.2. The Bertz CT molecular complexity index is 2900. The molecule has 19 nitrogen and oxygen atoms in total. The highest BCUT2D eigenvalue weighted by molar-refractivity contribution is 15.0. The molecule has 4 unspecified atom stereocenters. The molecule has 4 aromatic carbocycles. The molecule has 6 N–H and O–H groups in total. The number of nitrogens with two attached hydrogens (primary N) is 2. The van der Waals surface area contributed by atoms with Crippen LogP contribution in [-0.4, -0.2) is 140 Å². The van der Waals surface area contributed by atoms with Gasteiger partial charge in [0.25, 0.3) is 0 Å². The number of halogens is 5. The number of rotatable bonds is 10. The second-order valence-corrected chi connectivity index (χ2v) is 34.5. The molecule has 9 rings (SSSR count). The van der Waals surface area contributed by atoms with Gasteiger partial charge < -0.3 is 38.9 Å². The van der Waals surface area contributed by atoms with Gasteiger partial charge in [0.1, 0.15) is 35.3 Å². The van der Waals surface area contributed by atoms with Gasteiger partial charge in [-0.25, -0.2) is 35.9 Å². The van der Waals surface area contributed by atoms with Crippen molar-refractivity contribution in [3.63, 3.8) is 0 Å². The standard InChI is InChI=1S/C15H21NO4S.C13H18BrNO2S.C11H13NO3.C7H13NO2S.C6H4BrI.C4H11NOS.C3H4O2.I2/c1-14(2,3)21(18)16-15(9-20-10-15)12-7-5-11(6-8-12)13(17)19-4;1-12(2,3)18(16)15-13(8-17-9-13)10-4-6-11(14)7-5-10;1-14-10(13)8-2-4-9(5-3-8)11(12)6-15-7-11;1-7(2,3)11(9)8-6-4-10-5-6;7-5-1-3-6(8)4-2-5;1-4(2,3)7(5)6;4-3-1-5-2-3;1-2/h5-8,16H,9-10H2,1-4H3;4-7,15H,8-9H2,1-3H3;2-5H,6-7,12H2,1H3;4-5H2,1-3H3;1-4H;5H2,1-3H3;1-2H2;. The highest BCUT2D eigenvalue weighted by Crippen LogP contribution is 2.34. The van der Waals surface area contributed by atoms with Gasteiger partial charge in [0, 0.05) is 49.7 Å². The predicted octanol–water partition coefficient (Wildman–Crippen LogP) is 10.9. The molecule has 87 heavy (non-hydrogen) atoms. The van der Waals surface area contributed by atoms with Crippen molar-refractivity contribution in [1.82, 2.24) is 9.44 Å². The molecule has 28 heteroatoms. The number of nitrogens with zero attached hydrogens (tertiary/aromatic N) is 1. The van der Waals surface area contributed by atoms with Crippen LogP contribution in [0.25, 0.3) is 0 Å². The number of carbonyl (C=O) groups excluding carboxylic acids is 3. The van der Waals surface area contributed by atoms with Crippen molar-refractivity contribution in [2.45, 2.75) is 119 Å². The van der Waals surface area contributed by atoms with E-state index in [0.717, 1.165) is 31.3 Å². The van der Waals surface area contributed by atoms with E-state index >= 15 is 0 Å². The van der Waals surface area contributed by atoms with Gasteiger partial charge in [0.2, 0.25) is 0 Å². The number of ether oxygens (including phenoxy) is 7. The Kier molecular flexibility index (Phi) is 35.7. The van der Waals surface area contributed by atoms with Gasteiger partial charge in [-0.1, -0.05) is 68.3 Å². The van der Waals surface area contributed by atoms with E-state index in [1.165, 1.54) is 17.8 Å². The normalized spacial score (nSPS) is 17.9. The molecule has 488 valence electrons. The van der Waals surface area contributed by atoms with E-state index in [9.17, 15) is 31.2 Å². The summed E-state index contributed by atoms with van der Waals surface area (Å²) < 4.78 is 93.4. The molecule has 0 amide bonds. The van der Waals surface area contributed by atoms with Gasteiger partial charge in [-0.2, -0.15) is 4.40 Å². The summed E-state index contributed by atoms with van der Waals surface area (Å²) >= 11 is 13.3. The SMILES string of the molecule is Brc1ccc(I)cc1.CC(C)(C)S(=O)N=C1COC1.CC(C)(C)S(=O)NC1(c2ccc(Br)cc2)COC1.CC(C)(C)S(N)=O.COC(=O)c1ccc(C2(N)COC2)cc1.COC(=O)c1ccc(C2(NS(=O)C(C)(C)C)COC2)cc1.II.O=C1COC1. The summed E-state index contributed by atoms with van der Waals surface area (Å²) in [5.41, 5.74) is 9.91. The number of hydrogen-bond donors (Lipinski definition) is 4. The number of benzene rings is 4. The Morgan fingerprint density at radius 2 is 0.839 bits per heavy atom. The first-order valence-corrected chi connectivity index (χ1v) is 40.4. The van der Waals surface area contributed by atoms with Crippen LogP contribution in [0.2, 0.25) is 0 Å². The fraction of sp³-hybridized carbons (Fsp3) is 0.525. The number of hydrogen-bond acceptors (Lipinski definition) is 15. The molecule has 0 bridgehead atoms. The fourth-order valence-corrected chi connectivity index (χ4v) is 9.61. The third-order valence-corrected chi connectivity index (χ3v) is 20.0. The Balaban J connectivity index is 0.000000359. The van der Waals surface area contributed by atoms with E-state index < -0.39 is 49.5 Å². The van der Waals surface area contributed by atoms with E-state index in [1.807, 2.05) is 144 Å². The molecule has 0 spiro atoms. The van der Waals surface area contributed by atoms with Gasteiger partial charge in [-0.3, -0.25) is 9.93 Å². The summed E-state index contributed by atoms with van der Waals surface area (Å²) in [4.78, 5) is 32.4. The number of Topliss-reactive ketones (excluding diaryl/α,β-unsaturated/α-hetero) is 1. The number of esters is 2. The van der Waals surface area contributed by atoms with Gasteiger partial charge in [-0.15, -0.1) is 0 Å². The van der Waals surface area contributed by atoms with Gasteiger partial charge in [-0.05, 0) is 183 Å². The van der Waals surface area contributed by atoms with E-state index in [2.05, 4.69) is 132 Å². The molecule has 0 aromatic heterocycles. The third-order valence-electron chi connectivity index (χ3n) is 12.1. The first-order chi connectivity index (χ1) is 40.4. The second-order valence-electron chi connectivity index (χ2n) is 23.8. The average Bonchev–Trinajstić information content (AvgIpc) is 1.05. The lowest BCUT2D eigenvalue weighted by Gasteiger charge is -2.43. The third kappa shape index (κ3) is 28.4. The molecule has 4 aromatic rings. The molecule has 5 heterocycles. The molecule has 5 aliphatic rings. The molecular formula is C59H84Br2I3N5O14S4. The Morgan fingerprint density at radius 3 is 1.06 bits per heavy atom. The molecule has 5 fully saturated rings. The van der Waals surface area contributed by atoms with Crippen molar-refractivity contribution < 1.29 is 64.4 Å². The molecule has 5 saturated heterocycles. The summed E-state index contributed by atoms with van der Waals surface area (Å²) in [7, 11) is -1.87. The van der Waals surface area contributed by atoms with Crippen molar-refractivity contribution in [2.75, 3.05) is 80.3 Å². The fourth-order valence-electron chi connectivity index (χ4n) is 6.31. The second kappa shape index (κ2) is 38.0. The predicted molar refractivity (Wildman–Crippen MR) is 382 cm³/mol. The summed E-state index contributed by atoms with van der Waals surface area (Å²) in [5, 5.41) is 5.04. The van der Waals surface area contributed by atoms with Crippen LogP contribution in [0.5, 0.6) is 0 Å². The Hall–Kier alpha value is -1.45. The summed E-state index contributed by atoms with van der Waals surface area (Å²) in [6.07, 6.45) is 0.